The van der Waals surface area contributed by atoms with Crippen LogP contribution in [0.25, 0.3) is 0 Å². The molecule has 33 heavy (non-hydrogen) atoms. The lowest BCUT2D eigenvalue weighted by Gasteiger charge is -2.32. The fourth-order valence-electron chi connectivity index (χ4n) is 4.91. The molecule has 2 heterocycles. The summed E-state index contributed by atoms with van der Waals surface area (Å²) in [5.41, 5.74) is 3.20. The van der Waals surface area contributed by atoms with Crippen molar-refractivity contribution in [1.82, 2.24) is 4.90 Å². The Morgan fingerprint density at radius 3 is 2.21 bits per heavy atom. The van der Waals surface area contributed by atoms with Gasteiger partial charge in [-0.1, -0.05) is 48.5 Å². The summed E-state index contributed by atoms with van der Waals surface area (Å²) in [5, 5.41) is 5.89. The Labute approximate surface area is 193 Å². The van der Waals surface area contributed by atoms with E-state index in [0.717, 1.165) is 12.1 Å². The number of ether oxygens (including phenoxy) is 1. The predicted octanol–water partition coefficient (Wildman–Crippen LogP) is 4.98. The van der Waals surface area contributed by atoms with E-state index >= 15 is 0 Å². The minimum absolute atomic E-state index is 0.105. The van der Waals surface area contributed by atoms with Gasteiger partial charge in [-0.05, 0) is 48.4 Å². The smallest absolute Gasteiger partial charge is 0.322 e. The van der Waals surface area contributed by atoms with Crippen molar-refractivity contribution in [2.24, 2.45) is 5.92 Å². The molecule has 0 bridgehead atoms. The van der Waals surface area contributed by atoms with Gasteiger partial charge >= 0.3 is 6.03 Å². The molecule has 2 aliphatic rings. The standard InChI is InChI=1S/C27H27N3O3/c31-26(28-21-9-5-2-6-10-21)20-11-13-22(14-12-20)29-27(32)30-17-23(19-7-3-1-4-8-19)24-18-33-16-15-25(24)30/h1-14,23-25H,15-18H2,(H,28,31)(H,29,32). The second kappa shape index (κ2) is 9.46. The monoisotopic (exact) mass is 441 g/mol. The minimum Gasteiger partial charge on any atom is -0.381 e. The first-order valence-corrected chi connectivity index (χ1v) is 11.4. The molecule has 5 rings (SSSR count). The van der Waals surface area contributed by atoms with Crippen molar-refractivity contribution in [2.45, 2.75) is 18.4 Å². The molecular formula is C27H27N3O3. The molecule has 2 fully saturated rings. The third-order valence-electron chi connectivity index (χ3n) is 6.59. The maximum atomic E-state index is 13.2. The van der Waals surface area contributed by atoms with E-state index in [4.69, 9.17) is 4.74 Å². The van der Waals surface area contributed by atoms with Crippen LogP contribution in [0.4, 0.5) is 16.2 Å². The average Bonchev–Trinajstić information content (AvgIpc) is 3.26. The van der Waals surface area contributed by atoms with Gasteiger partial charge in [-0.2, -0.15) is 0 Å². The van der Waals surface area contributed by atoms with Gasteiger partial charge < -0.3 is 20.3 Å². The molecule has 0 radical (unpaired) electrons. The SMILES string of the molecule is O=C(Nc1ccccc1)c1ccc(NC(=O)N2CC(c3ccccc3)C3COCCC32)cc1. The molecule has 2 saturated heterocycles. The van der Waals surface area contributed by atoms with Crippen molar-refractivity contribution in [3.05, 3.63) is 96.1 Å². The molecule has 3 aromatic rings. The number of amides is 3. The van der Waals surface area contributed by atoms with Gasteiger partial charge in [0.1, 0.15) is 0 Å². The summed E-state index contributed by atoms with van der Waals surface area (Å²) in [4.78, 5) is 27.6. The number of fused-ring (bicyclic) bond motifs is 1. The number of hydrogen-bond acceptors (Lipinski definition) is 3. The van der Waals surface area contributed by atoms with Crippen molar-refractivity contribution in [3.63, 3.8) is 0 Å². The number of benzene rings is 3. The van der Waals surface area contributed by atoms with Crippen LogP contribution in [0.1, 0.15) is 28.3 Å². The molecule has 0 saturated carbocycles. The average molecular weight is 442 g/mol. The molecule has 0 aromatic heterocycles. The lowest BCUT2D eigenvalue weighted by atomic mass is 9.84. The topological polar surface area (TPSA) is 70.7 Å². The van der Waals surface area contributed by atoms with Crippen LogP contribution in [-0.2, 0) is 4.74 Å². The van der Waals surface area contributed by atoms with Gasteiger partial charge in [0.25, 0.3) is 5.91 Å². The number of anilines is 2. The number of para-hydroxylation sites is 1. The third-order valence-corrected chi connectivity index (χ3v) is 6.59. The van der Waals surface area contributed by atoms with Gasteiger partial charge in [-0.25, -0.2) is 4.79 Å². The minimum atomic E-state index is -0.186. The molecule has 6 heteroatoms. The van der Waals surface area contributed by atoms with Crippen LogP contribution in [0.15, 0.2) is 84.9 Å². The summed E-state index contributed by atoms with van der Waals surface area (Å²) in [6.45, 7) is 2.03. The van der Waals surface area contributed by atoms with Crippen molar-refractivity contribution in [2.75, 3.05) is 30.4 Å². The van der Waals surface area contributed by atoms with Crippen molar-refractivity contribution < 1.29 is 14.3 Å². The first-order chi connectivity index (χ1) is 16.2. The summed E-state index contributed by atoms with van der Waals surface area (Å²) in [7, 11) is 0. The van der Waals surface area contributed by atoms with Crippen molar-refractivity contribution in [1.29, 1.82) is 0 Å². The van der Waals surface area contributed by atoms with E-state index in [1.54, 1.807) is 24.3 Å². The van der Waals surface area contributed by atoms with Crippen LogP contribution in [0.5, 0.6) is 0 Å². The first kappa shape index (κ1) is 21.2. The molecule has 2 aliphatic heterocycles. The zero-order valence-electron chi connectivity index (χ0n) is 18.3. The normalized spacial score (nSPS) is 21.8. The summed E-state index contributed by atoms with van der Waals surface area (Å²) < 4.78 is 5.76. The van der Waals surface area contributed by atoms with E-state index in [0.29, 0.717) is 36.9 Å². The Kier molecular flexibility index (Phi) is 6.09. The van der Waals surface area contributed by atoms with Gasteiger partial charge in [0.15, 0.2) is 0 Å². The Hall–Kier alpha value is -3.64. The van der Waals surface area contributed by atoms with Crippen LogP contribution >= 0.6 is 0 Å². The molecule has 3 unspecified atom stereocenters. The number of hydrogen-bond donors (Lipinski definition) is 2. The quantitative estimate of drug-likeness (QED) is 0.600. The second-order valence-electron chi connectivity index (χ2n) is 8.59. The van der Waals surface area contributed by atoms with E-state index in [9.17, 15) is 9.59 Å². The van der Waals surface area contributed by atoms with E-state index in [1.807, 2.05) is 53.4 Å². The second-order valence-corrected chi connectivity index (χ2v) is 8.59. The fourth-order valence-corrected chi connectivity index (χ4v) is 4.91. The van der Waals surface area contributed by atoms with Crippen LogP contribution in [-0.4, -0.2) is 42.6 Å². The summed E-state index contributed by atoms with van der Waals surface area (Å²) in [6.07, 6.45) is 0.847. The fraction of sp³-hybridized carbons (Fsp3) is 0.259. The van der Waals surface area contributed by atoms with Crippen LogP contribution in [0, 0.1) is 5.92 Å². The first-order valence-electron chi connectivity index (χ1n) is 11.4. The lowest BCUT2D eigenvalue weighted by Crippen LogP contribution is -2.43. The Balaban J connectivity index is 1.25. The number of rotatable bonds is 4. The predicted molar refractivity (Wildman–Crippen MR) is 128 cm³/mol. The number of nitrogens with zero attached hydrogens (tertiary/aromatic N) is 1. The number of carbonyl (C=O) groups is 2. The van der Waals surface area contributed by atoms with Crippen molar-refractivity contribution in [3.8, 4) is 0 Å². The Morgan fingerprint density at radius 2 is 1.48 bits per heavy atom. The third kappa shape index (κ3) is 4.61. The molecular weight excluding hydrogens is 414 g/mol. The van der Waals surface area contributed by atoms with E-state index < -0.39 is 0 Å². The highest BCUT2D eigenvalue weighted by Gasteiger charge is 2.45. The summed E-state index contributed by atoms with van der Waals surface area (Å²) in [5.74, 6) is 0.386. The number of urea groups is 1. The molecule has 3 amide bonds. The van der Waals surface area contributed by atoms with E-state index in [1.165, 1.54) is 5.56 Å². The van der Waals surface area contributed by atoms with Gasteiger partial charge in [-0.3, -0.25) is 4.79 Å². The molecule has 3 atom stereocenters. The largest absolute Gasteiger partial charge is 0.381 e. The molecule has 0 spiro atoms. The number of nitrogens with one attached hydrogen (secondary N) is 2. The highest BCUT2D eigenvalue weighted by atomic mass is 16.5. The molecule has 0 aliphatic carbocycles. The molecule has 2 N–H and O–H groups in total. The van der Waals surface area contributed by atoms with Gasteiger partial charge in [0.05, 0.1) is 6.61 Å². The highest BCUT2D eigenvalue weighted by molar-refractivity contribution is 6.04. The molecule has 168 valence electrons. The lowest BCUT2D eigenvalue weighted by molar-refractivity contribution is 0.0272. The Morgan fingerprint density at radius 1 is 0.818 bits per heavy atom. The maximum absolute atomic E-state index is 13.2. The number of carbonyl (C=O) groups excluding carboxylic acids is 2. The molecule has 6 nitrogen and oxygen atoms in total. The van der Waals surface area contributed by atoms with Crippen LogP contribution in [0.3, 0.4) is 0 Å². The zero-order valence-corrected chi connectivity index (χ0v) is 18.3. The van der Waals surface area contributed by atoms with E-state index in [2.05, 4.69) is 22.8 Å². The van der Waals surface area contributed by atoms with Crippen LogP contribution < -0.4 is 10.6 Å². The van der Waals surface area contributed by atoms with Gasteiger partial charge in [-0.15, -0.1) is 0 Å². The van der Waals surface area contributed by atoms with Crippen LogP contribution in [0.2, 0.25) is 0 Å². The van der Waals surface area contributed by atoms with Gasteiger partial charge in [0.2, 0.25) is 0 Å². The van der Waals surface area contributed by atoms with E-state index in [-0.39, 0.29) is 23.9 Å². The summed E-state index contributed by atoms with van der Waals surface area (Å²) in [6, 6.07) is 26.8. The summed E-state index contributed by atoms with van der Waals surface area (Å²) >= 11 is 0. The van der Waals surface area contributed by atoms with Gasteiger partial charge in [0, 0.05) is 48.0 Å². The number of likely N-dealkylation sites (tertiary alicyclic amines) is 1. The molecule has 3 aromatic carbocycles. The zero-order chi connectivity index (χ0) is 22.6. The maximum Gasteiger partial charge on any atom is 0.322 e. The highest BCUT2D eigenvalue weighted by Crippen LogP contribution is 2.41. The van der Waals surface area contributed by atoms with Crippen molar-refractivity contribution >= 4 is 23.3 Å². The Bertz CT molecular complexity index is 1100.